The van der Waals surface area contributed by atoms with Crippen molar-refractivity contribution in [2.45, 2.75) is 23.6 Å². The van der Waals surface area contributed by atoms with Gasteiger partial charge in [0.15, 0.2) is 0 Å². The summed E-state index contributed by atoms with van der Waals surface area (Å²) in [5.74, 6) is -3.34. The Labute approximate surface area is 234 Å². The van der Waals surface area contributed by atoms with Crippen LogP contribution in [0.4, 0.5) is 11.4 Å². The number of rotatable bonds is 7. The molecular formula is C29H24N2O9S. The lowest BCUT2D eigenvalue weighted by Crippen LogP contribution is -2.14. The van der Waals surface area contributed by atoms with Gasteiger partial charge in [-0.1, -0.05) is 0 Å². The molecule has 0 aliphatic heterocycles. The largest absolute Gasteiger partial charge is 0.508 e. The highest BCUT2D eigenvalue weighted by atomic mass is 32.2. The number of anilines is 2. The molecule has 41 heavy (non-hydrogen) atoms. The van der Waals surface area contributed by atoms with Crippen LogP contribution in [0.1, 0.15) is 42.2 Å². The maximum atomic E-state index is 13.4. The molecule has 2 amide bonds. The standard InChI is InChI=1S/C29H24N2O9S/c1-15-11-17(3-7-21(15)29(37)38)27(35)30-22-13-19(5-9-25(22)33)41(39,40)20-6-10-26(34)23(14-20)31-28(36)18-4-8-24(32)16(2)12-18/h3-14,32-34H,1-2H3,(H,30,35)(H,31,36)(H,37,38). The van der Waals surface area contributed by atoms with Crippen molar-refractivity contribution in [3.63, 3.8) is 0 Å². The predicted octanol–water partition coefficient (Wildman–Crippen LogP) is 4.46. The number of benzene rings is 4. The minimum atomic E-state index is -4.28. The zero-order valence-electron chi connectivity index (χ0n) is 21.7. The second-order valence-electron chi connectivity index (χ2n) is 9.11. The van der Waals surface area contributed by atoms with E-state index in [1.165, 1.54) is 43.3 Å². The molecule has 0 bridgehead atoms. The normalized spacial score (nSPS) is 11.1. The van der Waals surface area contributed by atoms with E-state index in [0.717, 1.165) is 36.4 Å². The zero-order chi connectivity index (χ0) is 30.1. The van der Waals surface area contributed by atoms with E-state index in [4.69, 9.17) is 0 Å². The summed E-state index contributed by atoms with van der Waals surface area (Å²) in [7, 11) is -4.28. The van der Waals surface area contributed by atoms with Crippen molar-refractivity contribution >= 4 is 39.0 Å². The molecule has 4 aromatic carbocycles. The average molecular weight is 577 g/mol. The predicted molar refractivity (Wildman–Crippen MR) is 149 cm³/mol. The summed E-state index contributed by atoms with van der Waals surface area (Å²) >= 11 is 0. The number of aromatic hydroxyl groups is 3. The van der Waals surface area contributed by atoms with Gasteiger partial charge in [-0.25, -0.2) is 13.2 Å². The van der Waals surface area contributed by atoms with Crippen LogP contribution in [0.3, 0.4) is 0 Å². The number of phenols is 3. The first-order valence-electron chi connectivity index (χ1n) is 12.0. The van der Waals surface area contributed by atoms with Crippen molar-refractivity contribution in [3.8, 4) is 17.2 Å². The lowest BCUT2D eigenvalue weighted by molar-refractivity contribution is 0.0695. The monoisotopic (exact) mass is 576 g/mol. The first-order chi connectivity index (χ1) is 19.3. The minimum Gasteiger partial charge on any atom is -0.508 e. The van der Waals surface area contributed by atoms with Crippen molar-refractivity contribution in [2.75, 3.05) is 10.6 Å². The van der Waals surface area contributed by atoms with Crippen molar-refractivity contribution in [2.24, 2.45) is 0 Å². The molecule has 0 saturated heterocycles. The van der Waals surface area contributed by atoms with Crippen molar-refractivity contribution in [3.05, 3.63) is 101 Å². The first-order valence-corrected chi connectivity index (χ1v) is 13.4. The molecule has 11 nitrogen and oxygen atoms in total. The highest BCUT2D eigenvalue weighted by Crippen LogP contribution is 2.33. The van der Waals surface area contributed by atoms with Crippen LogP contribution >= 0.6 is 0 Å². The number of hydrogen-bond donors (Lipinski definition) is 6. The van der Waals surface area contributed by atoms with E-state index >= 15 is 0 Å². The molecule has 6 N–H and O–H groups in total. The highest BCUT2D eigenvalue weighted by Gasteiger charge is 2.22. The summed E-state index contributed by atoms with van der Waals surface area (Å²) in [4.78, 5) is 36.1. The second kappa shape index (κ2) is 11.0. The molecule has 0 saturated carbocycles. The van der Waals surface area contributed by atoms with Crippen molar-refractivity contribution in [1.82, 2.24) is 0 Å². The van der Waals surface area contributed by atoms with Crippen LogP contribution in [-0.2, 0) is 9.84 Å². The van der Waals surface area contributed by atoms with Crippen LogP contribution in [0.25, 0.3) is 0 Å². The lowest BCUT2D eigenvalue weighted by Gasteiger charge is -2.13. The smallest absolute Gasteiger partial charge is 0.335 e. The molecule has 0 unspecified atom stereocenters. The quantitative estimate of drug-likeness (QED) is 0.173. The van der Waals surface area contributed by atoms with E-state index in [9.17, 15) is 43.2 Å². The maximum Gasteiger partial charge on any atom is 0.335 e. The number of carbonyl (C=O) groups excluding carboxylic acids is 2. The van der Waals surface area contributed by atoms with Crippen LogP contribution < -0.4 is 10.6 Å². The van der Waals surface area contributed by atoms with E-state index in [2.05, 4.69) is 10.6 Å². The molecule has 0 aliphatic carbocycles. The summed E-state index contributed by atoms with van der Waals surface area (Å²) in [5.41, 5.74) is 0.644. The Morgan fingerprint density at radius 1 is 0.610 bits per heavy atom. The summed E-state index contributed by atoms with van der Waals surface area (Å²) < 4.78 is 26.9. The molecule has 0 heterocycles. The van der Waals surface area contributed by atoms with Gasteiger partial charge in [0.1, 0.15) is 17.2 Å². The van der Waals surface area contributed by atoms with E-state index < -0.39 is 39.1 Å². The number of phenolic OH excluding ortho intramolecular Hbond substituents is 3. The van der Waals surface area contributed by atoms with Crippen LogP contribution in [0.2, 0.25) is 0 Å². The summed E-state index contributed by atoms with van der Waals surface area (Å²) in [6.07, 6.45) is 0. The fraction of sp³-hybridized carbons (Fsp3) is 0.0690. The third-order valence-corrected chi connectivity index (χ3v) is 7.98. The Kier molecular flexibility index (Phi) is 7.70. The van der Waals surface area contributed by atoms with Crippen molar-refractivity contribution < 1.29 is 43.2 Å². The first kappa shape index (κ1) is 28.6. The summed E-state index contributed by atoms with van der Waals surface area (Å²) in [6.45, 7) is 3.12. The SMILES string of the molecule is Cc1cc(C(=O)Nc2cc(S(=O)(=O)c3ccc(O)c(NC(=O)c4ccc(C(=O)O)c(C)c4)c3)ccc2O)ccc1O. The zero-order valence-corrected chi connectivity index (χ0v) is 22.5. The van der Waals surface area contributed by atoms with Crippen molar-refractivity contribution in [1.29, 1.82) is 0 Å². The van der Waals surface area contributed by atoms with Gasteiger partial charge in [-0.05, 0) is 97.8 Å². The van der Waals surface area contributed by atoms with Crippen LogP contribution in [0.15, 0.2) is 82.6 Å². The molecule has 0 radical (unpaired) electrons. The number of sulfone groups is 1. The van der Waals surface area contributed by atoms with Gasteiger partial charge in [-0.15, -0.1) is 0 Å². The van der Waals surface area contributed by atoms with E-state index in [-0.39, 0.29) is 43.6 Å². The van der Waals surface area contributed by atoms with Gasteiger partial charge in [-0.3, -0.25) is 9.59 Å². The Bertz CT molecular complexity index is 1830. The van der Waals surface area contributed by atoms with Gasteiger partial charge in [0.25, 0.3) is 11.8 Å². The number of carboxylic acid groups (broad SMARTS) is 1. The third-order valence-electron chi connectivity index (χ3n) is 6.23. The number of nitrogens with one attached hydrogen (secondary N) is 2. The van der Waals surface area contributed by atoms with Gasteiger partial charge in [0, 0.05) is 11.1 Å². The maximum absolute atomic E-state index is 13.4. The molecule has 0 atom stereocenters. The van der Waals surface area contributed by atoms with Gasteiger partial charge in [-0.2, -0.15) is 0 Å². The minimum absolute atomic E-state index is 0.00634. The van der Waals surface area contributed by atoms with Crippen LogP contribution in [-0.4, -0.2) is 46.6 Å². The Balaban J connectivity index is 1.61. The van der Waals surface area contributed by atoms with Gasteiger partial charge >= 0.3 is 5.97 Å². The number of carboxylic acids is 1. The lowest BCUT2D eigenvalue weighted by atomic mass is 10.0. The number of hydrogen-bond acceptors (Lipinski definition) is 8. The second-order valence-corrected chi connectivity index (χ2v) is 11.1. The van der Waals surface area contributed by atoms with Gasteiger partial charge in [0.05, 0.1) is 26.7 Å². The average Bonchev–Trinajstić information content (AvgIpc) is 2.92. The summed E-state index contributed by atoms with van der Waals surface area (Å²) in [5, 5.41) is 44.3. The number of amides is 2. The Hall–Kier alpha value is -5.36. The Morgan fingerprint density at radius 3 is 1.49 bits per heavy atom. The molecule has 4 aromatic rings. The number of aryl methyl sites for hydroxylation is 2. The molecular weight excluding hydrogens is 552 g/mol. The van der Waals surface area contributed by atoms with Crippen LogP contribution in [0, 0.1) is 13.8 Å². The molecule has 0 fully saturated rings. The summed E-state index contributed by atoms with van der Waals surface area (Å²) in [6, 6.07) is 14.6. The number of aromatic carboxylic acids is 1. The van der Waals surface area contributed by atoms with Crippen LogP contribution in [0.5, 0.6) is 17.2 Å². The van der Waals surface area contributed by atoms with E-state index in [1.807, 2.05) is 0 Å². The van der Waals surface area contributed by atoms with E-state index in [1.54, 1.807) is 6.92 Å². The molecule has 0 spiro atoms. The molecule has 0 aliphatic rings. The Morgan fingerprint density at radius 2 is 1.05 bits per heavy atom. The molecule has 12 heteroatoms. The third kappa shape index (κ3) is 5.97. The van der Waals surface area contributed by atoms with Gasteiger partial charge < -0.3 is 31.1 Å². The topological polar surface area (TPSA) is 190 Å². The fourth-order valence-corrected chi connectivity index (χ4v) is 5.24. The van der Waals surface area contributed by atoms with Gasteiger partial charge in [0.2, 0.25) is 9.84 Å². The number of carbonyl (C=O) groups is 3. The van der Waals surface area contributed by atoms with E-state index in [0.29, 0.717) is 11.1 Å². The fourth-order valence-electron chi connectivity index (χ4n) is 3.93. The molecule has 0 aromatic heterocycles. The molecule has 210 valence electrons. The molecule has 4 rings (SSSR count). The highest BCUT2D eigenvalue weighted by molar-refractivity contribution is 7.91.